The highest BCUT2D eigenvalue weighted by molar-refractivity contribution is 7.22. The van der Waals surface area contributed by atoms with Gasteiger partial charge in [0.05, 0.1) is 22.3 Å². The lowest BCUT2D eigenvalue weighted by Gasteiger charge is -2.03. The molecule has 0 aliphatic rings. The van der Waals surface area contributed by atoms with Crippen LogP contribution in [0.2, 0.25) is 0 Å². The van der Waals surface area contributed by atoms with Gasteiger partial charge < -0.3 is 10.6 Å². The number of benzene rings is 2. The number of carbonyl (C=O) groups is 2. The third-order valence-corrected chi connectivity index (χ3v) is 6.18. The second-order valence-corrected chi connectivity index (χ2v) is 8.62. The molecule has 2 heterocycles. The molecule has 4 rings (SSSR count). The monoisotopic (exact) mass is 436 g/mol. The zero-order valence-electron chi connectivity index (χ0n) is 16.3. The van der Waals surface area contributed by atoms with Crippen molar-refractivity contribution in [3.05, 3.63) is 59.6 Å². The minimum Gasteiger partial charge on any atom is -0.326 e. The Morgan fingerprint density at radius 2 is 1.83 bits per heavy atom. The van der Waals surface area contributed by atoms with Gasteiger partial charge in [0.1, 0.15) is 5.01 Å². The molecule has 152 valence electrons. The van der Waals surface area contributed by atoms with Crippen LogP contribution in [0.25, 0.3) is 20.8 Å². The van der Waals surface area contributed by atoms with Gasteiger partial charge in [-0.25, -0.2) is 9.97 Å². The van der Waals surface area contributed by atoms with E-state index in [1.54, 1.807) is 0 Å². The van der Waals surface area contributed by atoms with Gasteiger partial charge in [-0.3, -0.25) is 9.59 Å². The van der Waals surface area contributed by atoms with Crippen LogP contribution in [0.3, 0.4) is 0 Å². The van der Waals surface area contributed by atoms with E-state index < -0.39 is 0 Å². The molecule has 0 unspecified atom stereocenters. The topological polar surface area (TPSA) is 84.0 Å². The van der Waals surface area contributed by atoms with Gasteiger partial charge in [0.2, 0.25) is 11.8 Å². The standard InChI is InChI=1S/C22H20N4O2S2/c1-2-6-19(27)26-22-25-17-10-9-15(11-18(17)30-22)23-20(28)12-16-13-29-21(24-16)14-7-4-3-5-8-14/h3-5,7-11,13H,2,6,12H2,1H3,(H,23,28)(H,25,26,27). The lowest BCUT2D eigenvalue weighted by atomic mass is 10.2. The van der Waals surface area contributed by atoms with Crippen LogP contribution in [0, 0.1) is 0 Å². The molecule has 0 atom stereocenters. The molecule has 0 bridgehead atoms. The van der Waals surface area contributed by atoms with E-state index in [4.69, 9.17) is 0 Å². The summed E-state index contributed by atoms with van der Waals surface area (Å²) in [7, 11) is 0. The molecule has 0 spiro atoms. The molecule has 0 radical (unpaired) electrons. The van der Waals surface area contributed by atoms with Crippen molar-refractivity contribution >= 4 is 55.5 Å². The molecular weight excluding hydrogens is 416 g/mol. The maximum atomic E-state index is 12.5. The number of nitrogens with one attached hydrogen (secondary N) is 2. The summed E-state index contributed by atoms with van der Waals surface area (Å²) in [6.45, 7) is 1.96. The lowest BCUT2D eigenvalue weighted by molar-refractivity contribution is -0.116. The van der Waals surface area contributed by atoms with E-state index in [1.807, 2.05) is 60.8 Å². The summed E-state index contributed by atoms with van der Waals surface area (Å²) in [5, 5.41) is 9.13. The molecule has 2 N–H and O–H groups in total. The third-order valence-electron chi connectivity index (χ3n) is 4.31. The number of amides is 2. The maximum absolute atomic E-state index is 12.5. The van der Waals surface area contributed by atoms with Gasteiger partial charge in [-0.05, 0) is 24.6 Å². The molecule has 4 aromatic rings. The number of hydrogen-bond acceptors (Lipinski definition) is 6. The van der Waals surface area contributed by atoms with Gasteiger partial charge >= 0.3 is 0 Å². The van der Waals surface area contributed by atoms with Crippen LogP contribution in [0.4, 0.5) is 10.8 Å². The fourth-order valence-corrected chi connectivity index (χ4v) is 4.68. The molecule has 0 aliphatic carbocycles. The third kappa shape index (κ3) is 4.90. The van der Waals surface area contributed by atoms with Gasteiger partial charge in [-0.1, -0.05) is 48.6 Å². The first-order valence-electron chi connectivity index (χ1n) is 9.61. The largest absolute Gasteiger partial charge is 0.326 e. The highest BCUT2D eigenvalue weighted by Gasteiger charge is 2.11. The highest BCUT2D eigenvalue weighted by atomic mass is 32.1. The van der Waals surface area contributed by atoms with Crippen LogP contribution in [0.5, 0.6) is 0 Å². The van der Waals surface area contributed by atoms with Crippen molar-refractivity contribution in [3.63, 3.8) is 0 Å². The molecule has 30 heavy (non-hydrogen) atoms. The van der Waals surface area contributed by atoms with Crippen molar-refractivity contribution in [1.29, 1.82) is 0 Å². The van der Waals surface area contributed by atoms with Crippen molar-refractivity contribution in [1.82, 2.24) is 9.97 Å². The summed E-state index contributed by atoms with van der Waals surface area (Å²) < 4.78 is 0.902. The van der Waals surface area contributed by atoms with Crippen LogP contribution in [-0.4, -0.2) is 21.8 Å². The molecule has 2 aromatic carbocycles. The van der Waals surface area contributed by atoms with Crippen molar-refractivity contribution in [2.45, 2.75) is 26.2 Å². The summed E-state index contributed by atoms with van der Waals surface area (Å²) >= 11 is 2.92. The number of anilines is 2. The number of aromatic nitrogens is 2. The normalized spacial score (nSPS) is 10.8. The van der Waals surface area contributed by atoms with E-state index in [2.05, 4.69) is 20.6 Å². The van der Waals surface area contributed by atoms with Gasteiger partial charge in [0, 0.05) is 23.1 Å². The van der Waals surface area contributed by atoms with Gasteiger partial charge in [0.25, 0.3) is 0 Å². The maximum Gasteiger partial charge on any atom is 0.230 e. The second kappa shape index (κ2) is 9.15. The van der Waals surface area contributed by atoms with Crippen LogP contribution in [0.1, 0.15) is 25.5 Å². The van der Waals surface area contributed by atoms with E-state index in [-0.39, 0.29) is 18.2 Å². The molecule has 0 aliphatic heterocycles. The molecule has 6 nitrogen and oxygen atoms in total. The Morgan fingerprint density at radius 1 is 1.00 bits per heavy atom. The molecule has 0 saturated carbocycles. The SMILES string of the molecule is CCCC(=O)Nc1nc2ccc(NC(=O)Cc3csc(-c4ccccc4)n3)cc2s1. The summed E-state index contributed by atoms with van der Waals surface area (Å²) in [5.74, 6) is -0.163. The Labute approximate surface area is 182 Å². The first kappa shape index (κ1) is 20.2. The van der Waals surface area contributed by atoms with Crippen molar-refractivity contribution in [2.24, 2.45) is 0 Å². The Morgan fingerprint density at radius 3 is 2.63 bits per heavy atom. The van der Waals surface area contributed by atoms with E-state index >= 15 is 0 Å². The Balaban J connectivity index is 1.40. The quantitative estimate of drug-likeness (QED) is 0.410. The number of fused-ring (bicyclic) bond motifs is 1. The molecular formula is C22H20N4O2S2. The van der Waals surface area contributed by atoms with E-state index in [1.165, 1.54) is 22.7 Å². The van der Waals surface area contributed by atoms with Crippen molar-refractivity contribution in [2.75, 3.05) is 10.6 Å². The van der Waals surface area contributed by atoms with Crippen LogP contribution in [-0.2, 0) is 16.0 Å². The minimum absolute atomic E-state index is 0.0387. The lowest BCUT2D eigenvalue weighted by Crippen LogP contribution is -2.14. The zero-order valence-corrected chi connectivity index (χ0v) is 18.0. The fourth-order valence-electron chi connectivity index (χ4n) is 2.94. The number of hydrogen-bond donors (Lipinski definition) is 2. The Kier molecular flexibility index (Phi) is 6.15. The summed E-state index contributed by atoms with van der Waals surface area (Å²) in [4.78, 5) is 33.2. The number of nitrogens with zero attached hydrogens (tertiary/aromatic N) is 2. The zero-order chi connectivity index (χ0) is 20.9. The van der Waals surface area contributed by atoms with Crippen LogP contribution >= 0.6 is 22.7 Å². The van der Waals surface area contributed by atoms with Gasteiger partial charge in [-0.15, -0.1) is 11.3 Å². The van der Waals surface area contributed by atoms with E-state index in [0.717, 1.165) is 32.9 Å². The van der Waals surface area contributed by atoms with Crippen molar-refractivity contribution < 1.29 is 9.59 Å². The first-order chi connectivity index (χ1) is 14.6. The summed E-state index contributed by atoms with van der Waals surface area (Å²) in [6, 6.07) is 15.4. The minimum atomic E-state index is -0.125. The second-order valence-electron chi connectivity index (χ2n) is 6.73. The smallest absolute Gasteiger partial charge is 0.230 e. The average Bonchev–Trinajstić information content (AvgIpc) is 3.35. The molecule has 8 heteroatoms. The predicted molar refractivity (Wildman–Crippen MR) is 123 cm³/mol. The Bertz CT molecular complexity index is 1180. The average molecular weight is 437 g/mol. The summed E-state index contributed by atoms with van der Waals surface area (Å²) in [5.41, 5.74) is 3.28. The number of thiazole rings is 2. The molecule has 0 fully saturated rings. The number of rotatable bonds is 7. The fraction of sp³-hybridized carbons (Fsp3) is 0.182. The molecule has 2 aromatic heterocycles. The Hall–Kier alpha value is -3.10. The van der Waals surface area contributed by atoms with Crippen molar-refractivity contribution in [3.8, 4) is 10.6 Å². The number of carbonyl (C=O) groups excluding carboxylic acids is 2. The summed E-state index contributed by atoms with van der Waals surface area (Å²) in [6.07, 6.45) is 1.47. The molecule has 2 amide bonds. The van der Waals surface area contributed by atoms with Gasteiger partial charge in [0.15, 0.2) is 5.13 Å². The first-order valence-corrected chi connectivity index (χ1v) is 11.3. The van der Waals surface area contributed by atoms with E-state index in [0.29, 0.717) is 17.2 Å². The molecule has 0 saturated heterocycles. The van der Waals surface area contributed by atoms with Crippen LogP contribution in [0.15, 0.2) is 53.9 Å². The predicted octanol–water partition coefficient (Wildman–Crippen LogP) is 5.34. The van der Waals surface area contributed by atoms with Crippen LogP contribution < -0.4 is 10.6 Å². The van der Waals surface area contributed by atoms with E-state index in [9.17, 15) is 9.59 Å². The van der Waals surface area contributed by atoms with Gasteiger partial charge in [-0.2, -0.15) is 0 Å². The highest BCUT2D eigenvalue weighted by Crippen LogP contribution is 2.29.